The van der Waals surface area contributed by atoms with Crippen molar-refractivity contribution in [3.05, 3.63) is 65.9 Å². The van der Waals surface area contributed by atoms with Gasteiger partial charge in [-0.1, -0.05) is 24.0 Å². The molecule has 2 aromatic carbocycles. The molecule has 0 atom stereocenters. The summed E-state index contributed by atoms with van der Waals surface area (Å²) in [5.41, 5.74) is -0.171. The highest BCUT2D eigenvalue weighted by atomic mass is 32.2. The van der Waals surface area contributed by atoms with Gasteiger partial charge in [-0.25, -0.2) is 31.3 Å². The molecule has 39 heavy (non-hydrogen) atoms. The van der Waals surface area contributed by atoms with Gasteiger partial charge in [0.2, 0.25) is 26.0 Å². The number of nitrogens with zero attached hydrogens (tertiary/aromatic N) is 2. The quantitative estimate of drug-likeness (QED) is 0.273. The number of nitrogens with one attached hydrogen (secondary N) is 4. The Kier molecular flexibility index (Phi) is 8.40. The zero-order chi connectivity index (χ0) is 28.1. The fraction of sp³-hybridized carbons (Fsp3) is 0.250. The topological polar surface area (TPSA) is 142 Å². The van der Waals surface area contributed by atoms with Crippen LogP contribution in [-0.2, 0) is 26.2 Å². The summed E-state index contributed by atoms with van der Waals surface area (Å²) in [6.07, 6.45) is -2.68. The minimum absolute atomic E-state index is 0.0617. The van der Waals surface area contributed by atoms with E-state index < -0.39 is 36.7 Å². The van der Waals surface area contributed by atoms with Gasteiger partial charge >= 0.3 is 6.18 Å². The molecule has 0 saturated carbocycles. The lowest BCUT2D eigenvalue weighted by Gasteiger charge is -2.10. The van der Waals surface area contributed by atoms with Gasteiger partial charge in [0.25, 0.3) is 0 Å². The third-order valence-electron chi connectivity index (χ3n) is 5.36. The van der Waals surface area contributed by atoms with Crippen molar-refractivity contribution in [3.63, 3.8) is 0 Å². The first-order valence-electron chi connectivity index (χ1n) is 11.6. The van der Waals surface area contributed by atoms with Crippen molar-refractivity contribution in [2.45, 2.75) is 28.8 Å². The highest BCUT2D eigenvalue weighted by Crippen LogP contribution is 2.30. The molecule has 4 rings (SSSR count). The van der Waals surface area contributed by atoms with E-state index in [-0.39, 0.29) is 30.4 Å². The van der Waals surface area contributed by atoms with Crippen molar-refractivity contribution in [3.8, 4) is 11.8 Å². The van der Waals surface area contributed by atoms with E-state index in [2.05, 4.69) is 41.9 Å². The molecule has 3 aromatic rings. The minimum Gasteiger partial charge on any atom is -0.369 e. The Morgan fingerprint density at radius 1 is 1.08 bits per heavy atom. The molecule has 0 saturated heterocycles. The van der Waals surface area contributed by atoms with Crippen LogP contribution >= 0.6 is 0 Å². The van der Waals surface area contributed by atoms with Crippen molar-refractivity contribution >= 4 is 37.5 Å². The highest BCUT2D eigenvalue weighted by molar-refractivity contribution is 7.89. The maximum absolute atomic E-state index is 12.9. The SMILES string of the molecule is O=S(=O)(NCCC#Cc1cnc2nc1NCCCNS(=O)(=O)c1cccc(c1)N2)c1cccc(C(F)(F)F)c1. The van der Waals surface area contributed by atoms with E-state index in [9.17, 15) is 30.0 Å². The van der Waals surface area contributed by atoms with Gasteiger partial charge in [0, 0.05) is 31.7 Å². The molecule has 1 aromatic heterocycles. The lowest BCUT2D eigenvalue weighted by Crippen LogP contribution is -2.26. The lowest BCUT2D eigenvalue weighted by molar-refractivity contribution is -0.137. The second kappa shape index (κ2) is 11.6. The second-order valence-corrected chi connectivity index (χ2v) is 11.8. The van der Waals surface area contributed by atoms with Crippen LogP contribution in [0.3, 0.4) is 0 Å². The van der Waals surface area contributed by atoms with Crippen molar-refractivity contribution in [2.75, 3.05) is 30.3 Å². The van der Waals surface area contributed by atoms with Crippen LogP contribution in [-0.4, -0.2) is 46.4 Å². The molecule has 1 aliphatic heterocycles. The molecular weight excluding hydrogens is 557 g/mol. The van der Waals surface area contributed by atoms with E-state index in [4.69, 9.17) is 0 Å². The summed E-state index contributed by atoms with van der Waals surface area (Å²) in [5, 5.41) is 6.06. The number of aromatic nitrogens is 2. The van der Waals surface area contributed by atoms with Gasteiger partial charge in [0.1, 0.15) is 5.82 Å². The summed E-state index contributed by atoms with van der Waals surface area (Å²) in [7, 11) is -7.84. The maximum Gasteiger partial charge on any atom is 0.416 e. The molecular formula is C24H23F3N6O4S2. The molecule has 206 valence electrons. The number of hydrogen-bond acceptors (Lipinski definition) is 8. The van der Waals surface area contributed by atoms with Crippen LogP contribution in [0, 0.1) is 11.8 Å². The fourth-order valence-corrected chi connectivity index (χ4v) is 5.65. The number of hydrogen-bond donors (Lipinski definition) is 4. The summed E-state index contributed by atoms with van der Waals surface area (Å²) in [4.78, 5) is 8.25. The average Bonchev–Trinajstić information content (AvgIpc) is 2.89. The van der Waals surface area contributed by atoms with Gasteiger partial charge in [0.15, 0.2) is 0 Å². The number of benzene rings is 2. The summed E-state index contributed by atoms with van der Waals surface area (Å²) in [6, 6.07) is 9.68. The van der Waals surface area contributed by atoms with E-state index in [0.717, 1.165) is 18.2 Å². The molecule has 4 N–H and O–H groups in total. The highest BCUT2D eigenvalue weighted by Gasteiger charge is 2.31. The molecule has 0 aliphatic carbocycles. The van der Waals surface area contributed by atoms with Gasteiger partial charge < -0.3 is 10.6 Å². The Bertz CT molecular complexity index is 1640. The van der Waals surface area contributed by atoms with Crippen molar-refractivity contribution < 1.29 is 30.0 Å². The Morgan fingerprint density at radius 2 is 1.87 bits per heavy atom. The normalized spacial score (nSPS) is 15.3. The van der Waals surface area contributed by atoms with E-state index in [0.29, 0.717) is 36.1 Å². The molecule has 0 fully saturated rings. The Morgan fingerprint density at radius 3 is 2.67 bits per heavy atom. The predicted octanol–water partition coefficient (Wildman–Crippen LogP) is 3.05. The maximum atomic E-state index is 12.9. The molecule has 2 heterocycles. The van der Waals surface area contributed by atoms with E-state index in [1.54, 1.807) is 12.1 Å². The average molecular weight is 581 g/mol. The number of sulfonamides is 2. The number of halogens is 3. The van der Waals surface area contributed by atoms with Gasteiger partial charge in [-0.3, -0.25) is 0 Å². The van der Waals surface area contributed by atoms with Crippen LogP contribution in [0.2, 0.25) is 0 Å². The molecule has 0 radical (unpaired) electrons. The first-order valence-corrected chi connectivity index (χ1v) is 14.5. The second-order valence-electron chi connectivity index (χ2n) is 8.26. The van der Waals surface area contributed by atoms with Gasteiger partial charge in [0.05, 0.1) is 27.1 Å². The molecule has 1 aliphatic rings. The predicted molar refractivity (Wildman–Crippen MR) is 138 cm³/mol. The van der Waals surface area contributed by atoms with Crippen molar-refractivity contribution in [2.24, 2.45) is 0 Å². The van der Waals surface area contributed by atoms with Crippen LogP contribution in [0.4, 0.5) is 30.6 Å². The zero-order valence-electron chi connectivity index (χ0n) is 20.2. The number of alkyl halides is 3. The van der Waals surface area contributed by atoms with Gasteiger partial charge in [-0.2, -0.15) is 18.2 Å². The summed E-state index contributed by atoms with van der Waals surface area (Å²) < 4.78 is 93.2. The fourth-order valence-electron chi connectivity index (χ4n) is 3.45. The standard InChI is InChI=1S/C24H23F3N6O4S2/c25-24(26,27)18-7-3-9-20(14-18)38(34,35)30-12-2-1-6-17-16-29-23-32-19-8-4-10-21(15-19)39(36,37)31-13-5-11-28-22(17)33-23/h3-4,7-10,14-16,30-31H,2,5,11-13H2,(H2,28,29,32,33). The van der Waals surface area contributed by atoms with E-state index in [1.807, 2.05) is 0 Å². The third-order valence-corrected chi connectivity index (χ3v) is 8.28. The van der Waals surface area contributed by atoms with E-state index in [1.165, 1.54) is 18.3 Å². The van der Waals surface area contributed by atoms with Crippen LogP contribution in [0.25, 0.3) is 0 Å². The van der Waals surface area contributed by atoms with Crippen molar-refractivity contribution in [1.82, 2.24) is 19.4 Å². The summed E-state index contributed by atoms with van der Waals surface area (Å²) in [5.74, 6) is 6.26. The van der Waals surface area contributed by atoms with Gasteiger partial charge in [-0.05, 0) is 42.8 Å². The first-order chi connectivity index (χ1) is 18.4. The molecule has 10 nitrogen and oxygen atoms in total. The van der Waals surface area contributed by atoms with Gasteiger partial charge in [-0.15, -0.1) is 0 Å². The number of anilines is 3. The lowest BCUT2D eigenvalue weighted by atomic mass is 10.2. The Balaban J connectivity index is 1.45. The first kappa shape index (κ1) is 28.3. The number of fused-ring (bicyclic) bond motifs is 4. The van der Waals surface area contributed by atoms with Crippen LogP contribution < -0.4 is 20.1 Å². The summed E-state index contributed by atoms with van der Waals surface area (Å²) >= 11 is 0. The van der Waals surface area contributed by atoms with Crippen LogP contribution in [0.5, 0.6) is 0 Å². The molecule has 4 bridgehead atoms. The molecule has 0 amide bonds. The Hall–Kier alpha value is -3.71. The van der Waals surface area contributed by atoms with Crippen molar-refractivity contribution in [1.29, 1.82) is 0 Å². The smallest absolute Gasteiger partial charge is 0.369 e. The summed E-state index contributed by atoms with van der Waals surface area (Å²) in [6.45, 7) is 0.436. The number of rotatable bonds is 4. The van der Waals surface area contributed by atoms with E-state index >= 15 is 0 Å². The van der Waals surface area contributed by atoms with Crippen LogP contribution in [0.1, 0.15) is 24.0 Å². The molecule has 0 unspecified atom stereocenters. The Labute approximate surface area is 223 Å². The molecule has 0 spiro atoms. The third kappa shape index (κ3) is 7.45. The largest absolute Gasteiger partial charge is 0.416 e. The minimum atomic E-state index is -4.66. The zero-order valence-corrected chi connectivity index (χ0v) is 21.8. The van der Waals surface area contributed by atoms with Crippen LogP contribution in [0.15, 0.2) is 64.5 Å². The molecule has 15 heteroatoms. The monoisotopic (exact) mass is 580 g/mol.